The third kappa shape index (κ3) is 1.96. The van der Waals surface area contributed by atoms with Crippen LogP contribution in [-0.4, -0.2) is 33.6 Å². The number of imidazole rings is 1. The predicted molar refractivity (Wildman–Crippen MR) is 86.3 cm³/mol. The van der Waals surface area contributed by atoms with Gasteiger partial charge >= 0.3 is 0 Å². The van der Waals surface area contributed by atoms with Gasteiger partial charge in [0.25, 0.3) is 0 Å². The van der Waals surface area contributed by atoms with Crippen molar-refractivity contribution in [2.24, 2.45) is 0 Å². The van der Waals surface area contributed by atoms with Crippen LogP contribution in [0.25, 0.3) is 11.0 Å². The maximum absolute atomic E-state index is 6.28. The van der Waals surface area contributed by atoms with Crippen LogP contribution in [0.1, 0.15) is 43.7 Å². The number of hydrogen-bond acceptors (Lipinski definition) is 3. The molecular weight excluding hydrogens is 260 g/mol. The van der Waals surface area contributed by atoms with Crippen molar-refractivity contribution >= 4 is 17.0 Å². The minimum atomic E-state index is 0.502. The largest absolute Gasteiger partial charge is 0.369 e. The minimum absolute atomic E-state index is 0.502. The average molecular weight is 284 g/mol. The second-order valence-corrected chi connectivity index (χ2v) is 6.81. The fourth-order valence-electron chi connectivity index (χ4n) is 4.51. The van der Waals surface area contributed by atoms with E-state index in [-0.39, 0.29) is 0 Å². The number of fused-ring (bicyclic) bond motifs is 3. The number of anilines is 1. The van der Waals surface area contributed by atoms with Gasteiger partial charge in [-0.1, -0.05) is 18.6 Å². The molecule has 4 heteroatoms. The molecule has 2 N–H and O–H groups in total. The van der Waals surface area contributed by atoms with E-state index in [1.807, 2.05) is 0 Å². The number of nitrogens with two attached hydrogens (primary N) is 1. The predicted octanol–water partition coefficient (Wildman–Crippen LogP) is 3.11. The minimum Gasteiger partial charge on any atom is -0.369 e. The molecule has 0 radical (unpaired) electrons. The summed E-state index contributed by atoms with van der Waals surface area (Å²) < 4.78 is 2.32. The van der Waals surface area contributed by atoms with Gasteiger partial charge in [-0.05, 0) is 51.3 Å². The summed E-state index contributed by atoms with van der Waals surface area (Å²) in [5.41, 5.74) is 9.83. The molecule has 112 valence electrons. The maximum atomic E-state index is 6.28. The number of nitrogens with zero attached hydrogens (tertiary/aromatic N) is 3. The van der Waals surface area contributed by atoms with E-state index in [0.717, 1.165) is 5.52 Å². The van der Waals surface area contributed by atoms with E-state index in [1.54, 1.807) is 0 Å². The third-order valence-electron chi connectivity index (χ3n) is 5.62. The molecule has 3 heterocycles. The summed E-state index contributed by atoms with van der Waals surface area (Å²) in [7, 11) is 2.30. The van der Waals surface area contributed by atoms with E-state index in [9.17, 15) is 0 Å². The number of aromatic nitrogens is 2. The van der Waals surface area contributed by atoms with Crippen LogP contribution in [0, 0.1) is 6.92 Å². The Kier molecular flexibility index (Phi) is 2.96. The first kappa shape index (κ1) is 13.1. The first-order valence-electron chi connectivity index (χ1n) is 8.10. The average Bonchev–Trinajstić information content (AvgIpc) is 2.76. The van der Waals surface area contributed by atoms with Crippen LogP contribution < -0.4 is 5.73 Å². The summed E-state index contributed by atoms with van der Waals surface area (Å²) in [5.74, 6) is 0.687. The molecule has 2 atom stereocenters. The van der Waals surface area contributed by atoms with Crippen LogP contribution in [0.15, 0.2) is 18.2 Å². The standard InChI is InChI=1S/C17H24N4/c1-11-5-3-8-15-16(11)21(17(18)19-15)14-9-12-6-4-7-13(10-14)20(12)2/h3,5,8,12-14H,4,6-7,9-10H2,1-2H3,(H2,18,19). The smallest absolute Gasteiger partial charge is 0.201 e. The van der Waals surface area contributed by atoms with Crippen LogP contribution in [0.3, 0.4) is 0 Å². The molecule has 2 bridgehead atoms. The number of hydrogen-bond donors (Lipinski definition) is 1. The quantitative estimate of drug-likeness (QED) is 0.875. The highest BCUT2D eigenvalue weighted by molar-refractivity contribution is 5.81. The van der Waals surface area contributed by atoms with Crippen molar-refractivity contribution in [1.29, 1.82) is 0 Å². The topological polar surface area (TPSA) is 47.1 Å². The fraction of sp³-hybridized carbons (Fsp3) is 0.588. The molecule has 21 heavy (non-hydrogen) atoms. The van der Waals surface area contributed by atoms with E-state index in [2.05, 4.69) is 46.6 Å². The van der Waals surface area contributed by atoms with E-state index >= 15 is 0 Å². The van der Waals surface area contributed by atoms with Gasteiger partial charge in [0.05, 0.1) is 11.0 Å². The lowest BCUT2D eigenvalue weighted by atomic mass is 9.82. The first-order chi connectivity index (χ1) is 10.1. The highest BCUT2D eigenvalue weighted by Gasteiger charge is 2.37. The van der Waals surface area contributed by atoms with Gasteiger partial charge in [-0.2, -0.15) is 0 Å². The molecule has 2 aliphatic rings. The second-order valence-electron chi connectivity index (χ2n) is 6.81. The Morgan fingerprint density at radius 3 is 2.57 bits per heavy atom. The molecular formula is C17H24N4. The molecule has 1 aromatic carbocycles. The van der Waals surface area contributed by atoms with Crippen molar-refractivity contribution < 1.29 is 0 Å². The van der Waals surface area contributed by atoms with Crippen LogP contribution in [0.4, 0.5) is 5.95 Å². The number of aryl methyl sites for hydroxylation is 1. The van der Waals surface area contributed by atoms with Gasteiger partial charge in [0, 0.05) is 18.1 Å². The summed E-state index contributed by atoms with van der Waals surface area (Å²) in [6.45, 7) is 2.16. The molecule has 0 spiro atoms. The van der Waals surface area contributed by atoms with Crippen molar-refractivity contribution in [2.45, 2.75) is 57.2 Å². The molecule has 0 saturated carbocycles. The van der Waals surface area contributed by atoms with Crippen molar-refractivity contribution in [3.05, 3.63) is 23.8 Å². The summed E-state index contributed by atoms with van der Waals surface area (Å²) >= 11 is 0. The van der Waals surface area contributed by atoms with Gasteiger partial charge in [0.15, 0.2) is 0 Å². The van der Waals surface area contributed by atoms with E-state index in [0.29, 0.717) is 24.1 Å². The number of benzene rings is 1. The van der Waals surface area contributed by atoms with Gasteiger partial charge in [-0.3, -0.25) is 0 Å². The Hall–Kier alpha value is -1.55. The number of piperidine rings is 2. The normalized spacial score (nSPS) is 29.9. The zero-order chi connectivity index (χ0) is 14.6. The Labute approximate surface area is 125 Å². The van der Waals surface area contributed by atoms with Crippen LogP contribution in [0.5, 0.6) is 0 Å². The highest BCUT2D eigenvalue weighted by atomic mass is 15.2. The lowest BCUT2D eigenvalue weighted by molar-refractivity contribution is 0.0415. The lowest BCUT2D eigenvalue weighted by Crippen LogP contribution is -2.50. The lowest BCUT2D eigenvalue weighted by Gasteiger charge is -2.47. The summed E-state index contributed by atoms with van der Waals surface area (Å²) in [6.07, 6.45) is 6.45. The molecule has 0 amide bonds. The van der Waals surface area contributed by atoms with Crippen molar-refractivity contribution in [2.75, 3.05) is 12.8 Å². The molecule has 2 aliphatic heterocycles. The van der Waals surface area contributed by atoms with Gasteiger partial charge in [-0.25, -0.2) is 4.98 Å². The zero-order valence-corrected chi connectivity index (χ0v) is 12.9. The summed E-state index contributed by atoms with van der Waals surface area (Å²) in [5, 5.41) is 0. The van der Waals surface area contributed by atoms with Gasteiger partial charge in [-0.15, -0.1) is 0 Å². The van der Waals surface area contributed by atoms with Gasteiger partial charge < -0.3 is 15.2 Å². The number of rotatable bonds is 1. The monoisotopic (exact) mass is 284 g/mol. The van der Waals surface area contributed by atoms with E-state index in [1.165, 1.54) is 43.2 Å². The number of nitrogen functional groups attached to an aromatic ring is 1. The van der Waals surface area contributed by atoms with Crippen molar-refractivity contribution in [1.82, 2.24) is 14.5 Å². The summed E-state index contributed by atoms with van der Waals surface area (Å²) in [4.78, 5) is 7.19. The van der Waals surface area contributed by atoms with Crippen LogP contribution >= 0.6 is 0 Å². The number of para-hydroxylation sites is 1. The van der Waals surface area contributed by atoms with Crippen molar-refractivity contribution in [3.63, 3.8) is 0 Å². The molecule has 2 unspecified atom stereocenters. The van der Waals surface area contributed by atoms with E-state index < -0.39 is 0 Å². The van der Waals surface area contributed by atoms with Gasteiger partial charge in [0.1, 0.15) is 0 Å². The summed E-state index contributed by atoms with van der Waals surface area (Å²) in [6, 6.07) is 8.23. The molecule has 4 rings (SSSR count). The van der Waals surface area contributed by atoms with Crippen LogP contribution in [-0.2, 0) is 0 Å². The Morgan fingerprint density at radius 1 is 1.14 bits per heavy atom. The molecule has 2 aromatic rings. The molecule has 2 fully saturated rings. The molecule has 0 aliphatic carbocycles. The van der Waals surface area contributed by atoms with E-state index in [4.69, 9.17) is 5.73 Å². The highest BCUT2D eigenvalue weighted by Crippen LogP contribution is 2.40. The Morgan fingerprint density at radius 2 is 1.86 bits per heavy atom. The second kappa shape index (κ2) is 4.73. The molecule has 4 nitrogen and oxygen atoms in total. The van der Waals surface area contributed by atoms with Gasteiger partial charge in [0.2, 0.25) is 5.95 Å². The SMILES string of the molecule is Cc1cccc2nc(N)n(C3CC4CCCC(C3)N4C)c12. The Bertz CT molecular complexity index is 661. The molecule has 2 saturated heterocycles. The third-order valence-corrected chi connectivity index (χ3v) is 5.62. The maximum Gasteiger partial charge on any atom is 0.201 e. The van der Waals surface area contributed by atoms with Crippen LogP contribution in [0.2, 0.25) is 0 Å². The molecule has 1 aromatic heterocycles. The fourth-order valence-corrected chi connectivity index (χ4v) is 4.51. The van der Waals surface area contributed by atoms with Crippen molar-refractivity contribution in [3.8, 4) is 0 Å². The Balaban J connectivity index is 1.79. The first-order valence-corrected chi connectivity index (χ1v) is 8.10. The zero-order valence-electron chi connectivity index (χ0n) is 12.9.